The molecule has 0 unspecified atom stereocenters. The Morgan fingerprint density at radius 1 is 0.632 bits per heavy atom. The second-order valence-corrected chi connectivity index (χ2v) is 8.91. The monoisotopic (exact) mass is 486 g/mol. The Morgan fingerprint density at radius 3 is 1.87 bits per heavy atom. The third-order valence-electron chi connectivity index (χ3n) is 6.44. The van der Waals surface area contributed by atoms with Gasteiger partial charge in [0.1, 0.15) is 0 Å². The maximum atomic E-state index is 9.55. The van der Waals surface area contributed by atoms with Gasteiger partial charge in [0.25, 0.3) is 0 Å². The molecule has 5 aromatic rings. The Bertz CT molecular complexity index is 1750. The van der Waals surface area contributed by atoms with E-state index in [2.05, 4.69) is 96.8 Å². The Kier molecular flexibility index (Phi) is 6.69. The van der Waals surface area contributed by atoms with Gasteiger partial charge >= 0.3 is 0 Å². The van der Waals surface area contributed by atoms with E-state index in [0.29, 0.717) is 22.3 Å². The van der Waals surface area contributed by atoms with E-state index in [1.54, 1.807) is 6.08 Å². The van der Waals surface area contributed by atoms with Crippen LogP contribution in [0, 0.1) is 40.9 Å². The van der Waals surface area contributed by atoms with E-state index in [9.17, 15) is 15.8 Å². The van der Waals surface area contributed by atoms with E-state index in [0.717, 1.165) is 28.0 Å². The zero-order chi connectivity index (χ0) is 26.5. The number of nitrogens with zero attached hydrogens (tertiary/aromatic N) is 4. The maximum Gasteiger partial charge on any atom is 0.0998 e. The number of nitriles is 3. The van der Waals surface area contributed by atoms with Gasteiger partial charge in [-0.1, -0.05) is 78.4 Å². The topological polar surface area (TPSA) is 74.6 Å². The maximum absolute atomic E-state index is 9.55. The zero-order valence-corrected chi connectivity index (χ0v) is 20.8. The van der Waals surface area contributed by atoms with Crippen LogP contribution in [0.15, 0.2) is 103 Å². The van der Waals surface area contributed by atoms with Crippen molar-refractivity contribution in [1.82, 2.24) is 0 Å². The minimum Gasteiger partial charge on any atom is -0.310 e. The standard InChI is InChI=1S/C34H22N4/c1-24-9-14-30(15-10-24)38(34-8-4-6-27-5-2-3-7-33(27)34)31-16-11-25(12-17-31)13-18-32-28(22-36)19-26(21-35)20-29(32)23-37/h2-20H,1H3. The van der Waals surface area contributed by atoms with Crippen molar-refractivity contribution in [3.05, 3.63) is 137 Å². The predicted octanol–water partition coefficient (Wildman–Crippen LogP) is 8.40. The minimum absolute atomic E-state index is 0.296. The first kappa shape index (κ1) is 24.1. The third-order valence-corrected chi connectivity index (χ3v) is 6.44. The lowest BCUT2D eigenvalue weighted by molar-refractivity contribution is 1.29. The van der Waals surface area contributed by atoms with Gasteiger partial charge in [-0.05, 0) is 60.3 Å². The lowest BCUT2D eigenvalue weighted by Gasteiger charge is -2.27. The first-order valence-corrected chi connectivity index (χ1v) is 12.1. The Hall–Kier alpha value is -5.63. The van der Waals surface area contributed by atoms with Crippen LogP contribution in [-0.4, -0.2) is 0 Å². The fraction of sp³-hybridized carbons (Fsp3) is 0.0294. The Labute approximate surface area is 222 Å². The van der Waals surface area contributed by atoms with Crippen LogP contribution in [0.3, 0.4) is 0 Å². The normalized spacial score (nSPS) is 10.6. The minimum atomic E-state index is 0.296. The summed E-state index contributed by atoms with van der Waals surface area (Å²) in [4.78, 5) is 2.25. The molecule has 5 aromatic carbocycles. The molecule has 0 N–H and O–H groups in total. The lowest BCUT2D eigenvalue weighted by atomic mass is 9.98. The number of aryl methyl sites for hydroxylation is 1. The molecule has 0 atom stereocenters. The zero-order valence-electron chi connectivity index (χ0n) is 20.8. The molecule has 0 amide bonds. The molecule has 38 heavy (non-hydrogen) atoms. The van der Waals surface area contributed by atoms with Crippen molar-refractivity contribution < 1.29 is 0 Å². The number of anilines is 3. The molecule has 4 heteroatoms. The van der Waals surface area contributed by atoms with Crippen molar-refractivity contribution in [2.75, 3.05) is 4.90 Å². The molecule has 4 nitrogen and oxygen atoms in total. The van der Waals surface area contributed by atoms with Crippen LogP contribution in [0.2, 0.25) is 0 Å². The third kappa shape index (κ3) is 4.74. The van der Waals surface area contributed by atoms with Crippen LogP contribution in [0.25, 0.3) is 22.9 Å². The number of hydrogen-bond acceptors (Lipinski definition) is 4. The molecule has 0 spiro atoms. The quantitative estimate of drug-likeness (QED) is 0.234. The van der Waals surface area contributed by atoms with Crippen LogP contribution in [-0.2, 0) is 0 Å². The molecular weight excluding hydrogens is 464 g/mol. The highest BCUT2D eigenvalue weighted by Crippen LogP contribution is 2.39. The summed E-state index contributed by atoms with van der Waals surface area (Å²) in [6.07, 6.45) is 3.64. The van der Waals surface area contributed by atoms with Gasteiger partial charge in [-0.25, -0.2) is 0 Å². The molecule has 0 aliphatic rings. The van der Waals surface area contributed by atoms with Crippen molar-refractivity contribution in [3.63, 3.8) is 0 Å². The Morgan fingerprint density at radius 2 is 1.24 bits per heavy atom. The van der Waals surface area contributed by atoms with Gasteiger partial charge in [-0.3, -0.25) is 0 Å². The molecule has 0 fully saturated rings. The second kappa shape index (κ2) is 10.5. The summed E-state index contributed by atoms with van der Waals surface area (Å²) in [6.45, 7) is 2.08. The highest BCUT2D eigenvalue weighted by molar-refractivity contribution is 5.98. The number of hydrogen-bond donors (Lipinski definition) is 0. The predicted molar refractivity (Wildman–Crippen MR) is 153 cm³/mol. The molecule has 0 radical (unpaired) electrons. The summed E-state index contributed by atoms with van der Waals surface area (Å²) < 4.78 is 0. The van der Waals surface area contributed by atoms with E-state index in [1.807, 2.05) is 30.3 Å². The van der Waals surface area contributed by atoms with E-state index >= 15 is 0 Å². The molecule has 178 valence electrons. The summed E-state index contributed by atoms with van der Waals surface area (Å²) in [5, 5.41) is 30.6. The van der Waals surface area contributed by atoms with Gasteiger partial charge in [-0.2, -0.15) is 15.8 Å². The fourth-order valence-electron chi connectivity index (χ4n) is 4.52. The molecule has 0 saturated heterocycles. The van der Waals surface area contributed by atoms with Crippen LogP contribution >= 0.6 is 0 Å². The van der Waals surface area contributed by atoms with Crippen LogP contribution in [0.4, 0.5) is 17.1 Å². The summed E-state index contributed by atoms with van der Waals surface area (Å²) in [6, 6.07) is 40.6. The molecule has 0 aromatic heterocycles. The SMILES string of the molecule is Cc1ccc(N(c2ccc(C=Cc3c(C#N)cc(C#N)cc3C#N)cc2)c2cccc3ccccc23)cc1. The van der Waals surface area contributed by atoms with Gasteiger partial charge < -0.3 is 4.90 Å². The van der Waals surface area contributed by atoms with E-state index in [4.69, 9.17) is 0 Å². The van der Waals surface area contributed by atoms with E-state index in [-0.39, 0.29) is 0 Å². The van der Waals surface area contributed by atoms with Crippen molar-refractivity contribution in [3.8, 4) is 18.2 Å². The smallest absolute Gasteiger partial charge is 0.0998 e. The summed E-state index contributed by atoms with van der Waals surface area (Å²) in [5.74, 6) is 0. The molecule has 5 rings (SSSR count). The van der Waals surface area contributed by atoms with Crippen molar-refractivity contribution in [2.45, 2.75) is 6.92 Å². The summed E-state index contributed by atoms with van der Waals surface area (Å²) in [7, 11) is 0. The van der Waals surface area contributed by atoms with Crippen molar-refractivity contribution in [1.29, 1.82) is 15.8 Å². The van der Waals surface area contributed by atoms with Gasteiger partial charge in [0.05, 0.1) is 40.6 Å². The first-order chi connectivity index (χ1) is 18.6. The summed E-state index contributed by atoms with van der Waals surface area (Å²) in [5.41, 5.74) is 6.69. The molecule has 0 aliphatic carbocycles. The number of fused-ring (bicyclic) bond motifs is 1. The molecule has 0 saturated carbocycles. The molecular formula is C34H22N4. The van der Waals surface area contributed by atoms with Crippen LogP contribution in [0.5, 0.6) is 0 Å². The average molecular weight is 487 g/mol. The fourth-order valence-corrected chi connectivity index (χ4v) is 4.52. The van der Waals surface area contributed by atoms with Crippen molar-refractivity contribution >= 4 is 40.0 Å². The first-order valence-electron chi connectivity index (χ1n) is 12.1. The van der Waals surface area contributed by atoms with Crippen LogP contribution in [0.1, 0.15) is 33.4 Å². The van der Waals surface area contributed by atoms with Gasteiger partial charge in [0.2, 0.25) is 0 Å². The molecule has 0 bridgehead atoms. The number of rotatable bonds is 5. The molecule has 0 heterocycles. The highest BCUT2D eigenvalue weighted by atomic mass is 15.1. The second-order valence-electron chi connectivity index (χ2n) is 8.91. The Balaban J connectivity index is 1.55. The average Bonchev–Trinajstić information content (AvgIpc) is 2.97. The highest BCUT2D eigenvalue weighted by Gasteiger charge is 2.15. The molecule has 0 aliphatic heterocycles. The van der Waals surface area contributed by atoms with Gasteiger partial charge in [-0.15, -0.1) is 0 Å². The van der Waals surface area contributed by atoms with Crippen LogP contribution < -0.4 is 4.90 Å². The van der Waals surface area contributed by atoms with Gasteiger partial charge in [0.15, 0.2) is 0 Å². The largest absolute Gasteiger partial charge is 0.310 e. The van der Waals surface area contributed by atoms with E-state index < -0.39 is 0 Å². The lowest BCUT2D eigenvalue weighted by Crippen LogP contribution is -2.10. The number of benzene rings is 5. The van der Waals surface area contributed by atoms with E-state index in [1.165, 1.54) is 23.1 Å². The summed E-state index contributed by atoms with van der Waals surface area (Å²) >= 11 is 0. The van der Waals surface area contributed by atoms with Crippen molar-refractivity contribution in [2.24, 2.45) is 0 Å². The van der Waals surface area contributed by atoms with Gasteiger partial charge in [0, 0.05) is 22.3 Å².